The zero-order valence-corrected chi connectivity index (χ0v) is 16.4. The van der Waals surface area contributed by atoms with E-state index in [4.69, 9.17) is 0 Å². The minimum absolute atomic E-state index is 0.227. The number of allylic oxidation sites excluding steroid dienone is 2. The molecular weight excluding hydrogens is 347 g/mol. The van der Waals surface area contributed by atoms with Gasteiger partial charge in [0.15, 0.2) is 0 Å². The highest BCUT2D eigenvalue weighted by atomic mass is 31.1. The standard InChI is InChI=1S/C25H23OP/c1-20(19-26)24-25(21-11-5-2-6-12-21,22-13-7-3-8-14-22)17-18-27(24)23-15-9-4-10-16-23/h2-16,19H,17-18H2,1H3. The van der Waals surface area contributed by atoms with Crippen LogP contribution in [0.15, 0.2) is 102 Å². The van der Waals surface area contributed by atoms with Crippen LogP contribution in [0.1, 0.15) is 24.5 Å². The third-order valence-corrected chi connectivity index (χ3v) is 8.40. The number of carbonyl (C=O) groups excluding carboxylic acids is 1. The van der Waals surface area contributed by atoms with Crippen LogP contribution in [0.3, 0.4) is 0 Å². The van der Waals surface area contributed by atoms with E-state index in [1.165, 1.54) is 21.7 Å². The fourth-order valence-electron chi connectivity index (χ4n) is 4.39. The van der Waals surface area contributed by atoms with Crippen LogP contribution in [-0.4, -0.2) is 12.4 Å². The van der Waals surface area contributed by atoms with E-state index in [1.54, 1.807) is 0 Å². The molecule has 1 saturated heterocycles. The molecule has 0 N–H and O–H groups in total. The van der Waals surface area contributed by atoms with Crippen LogP contribution in [0.5, 0.6) is 0 Å². The molecule has 0 saturated carbocycles. The molecule has 1 fully saturated rings. The molecule has 1 aliphatic rings. The summed E-state index contributed by atoms with van der Waals surface area (Å²) in [5.41, 5.74) is 3.23. The summed E-state index contributed by atoms with van der Waals surface area (Å²) < 4.78 is 0. The summed E-state index contributed by atoms with van der Waals surface area (Å²) in [7, 11) is -0.536. The van der Waals surface area contributed by atoms with E-state index < -0.39 is 7.92 Å². The van der Waals surface area contributed by atoms with E-state index in [1.807, 2.05) is 6.92 Å². The molecular formula is C25H23OP. The number of aldehydes is 1. The van der Waals surface area contributed by atoms with Gasteiger partial charge in [0.2, 0.25) is 0 Å². The van der Waals surface area contributed by atoms with Crippen LogP contribution in [-0.2, 0) is 10.2 Å². The predicted molar refractivity (Wildman–Crippen MR) is 115 cm³/mol. The molecule has 4 rings (SSSR count). The van der Waals surface area contributed by atoms with Crippen LogP contribution in [0.25, 0.3) is 0 Å². The molecule has 3 aromatic carbocycles. The van der Waals surface area contributed by atoms with Gasteiger partial charge in [-0.25, -0.2) is 0 Å². The summed E-state index contributed by atoms with van der Waals surface area (Å²) in [5.74, 6) is 0. The average molecular weight is 370 g/mol. The van der Waals surface area contributed by atoms with Crippen LogP contribution >= 0.6 is 7.92 Å². The Bertz CT molecular complexity index is 906. The Labute approximate surface area is 162 Å². The second-order valence-electron chi connectivity index (χ2n) is 7.02. The molecule has 1 unspecified atom stereocenters. The molecule has 0 aliphatic carbocycles. The van der Waals surface area contributed by atoms with Gasteiger partial charge in [0, 0.05) is 5.41 Å². The van der Waals surface area contributed by atoms with Gasteiger partial charge in [-0.05, 0) is 54.7 Å². The Morgan fingerprint density at radius 1 is 0.815 bits per heavy atom. The van der Waals surface area contributed by atoms with E-state index in [2.05, 4.69) is 91.0 Å². The minimum atomic E-state index is -0.536. The molecule has 0 aromatic heterocycles. The summed E-state index contributed by atoms with van der Waals surface area (Å²) in [6.45, 7) is 1.99. The van der Waals surface area contributed by atoms with Crippen molar-refractivity contribution in [1.82, 2.24) is 0 Å². The van der Waals surface area contributed by atoms with E-state index in [0.717, 1.165) is 24.4 Å². The quantitative estimate of drug-likeness (QED) is 0.329. The second-order valence-corrected chi connectivity index (χ2v) is 9.29. The smallest absolute Gasteiger partial charge is 0.146 e. The Morgan fingerprint density at radius 2 is 1.30 bits per heavy atom. The predicted octanol–water partition coefficient (Wildman–Crippen LogP) is 5.66. The Hall–Kier alpha value is -2.50. The Kier molecular flexibility index (Phi) is 5.05. The molecule has 2 heteroatoms. The Balaban J connectivity index is 2.00. The molecule has 1 aliphatic heterocycles. The van der Waals surface area contributed by atoms with Crippen molar-refractivity contribution in [2.45, 2.75) is 18.8 Å². The first-order valence-corrected chi connectivity index (χ1v) is 10.9. The third-order valence-electron chi connectivity index (χ3n) is 5.54. The van der Waals surface area contributed by atoms with Crippen LogP contribution in [0.2, 0.25) is 0 Å². The van der Waals surface area contributed by atoms with E-state index in [0.29, 0.717) is 0 Å². The second kappa shape index (κ2) is 7.62. The van der Waals surface area contributed by atoms with Crippen molar-refractivity contribution in [2.75, 3.05) is 6.16 Å². The lowest BCUT2D eigenvalue weighted by molar-refractivity contribution is -0.104. The number of hydrogen-bond acceptors (Lipinski definition) is 1. The normalized spacial score (nSPS) is 20.3. The van der Waals surface area contributed by atoms with Crippen LogP contribution in [0, 0.1) is 0 Å². The Morgan fingerprint density at radius 3 is 1.78 bits per heavy atom. The first kappa shape index (κ1) is 17.9. The van der Waals surface area contributed by atoms with Gasteiger partial charge in [-0.2, -0.15) is 0 Å². The van der Waals surface area contributed by atoms with E-state index in [-0.39, 0.29) is 5.41 Å². The van der Waals surface area contributed by atoms with Crippen molar-refractivity contribution in [1.29, 1.82) is 0 Å². The highest BCUT2D eigenvalue weighted by Gasteiger charge is 2.47. The minimum Gasteiger partial charge on any atom is -0.298 e. The molecule has 0 amide bonds. The lowest BCUT2D eigenvalue weighted by Gasteiger charge is -2.34. The van der Waals surface area contributed by atoms with Crippen molar-refractivity contribution < 1.29 is 4.79 Å². The molecule has 134 valence electrons. The van der Waals surface area contributed by atoms with Crippen molar-refractivity contribution in [3.63, 3.8) is 0 Å². The fraction of sp³-hybridized carbons (Fsp3) is 0.160. The van der Waals surface area contributed by atoms with Gasteiger partial charge in [0.25, 0.3) is 0 Å². The summed E-state index contributed by atoms with van der Waals surface area (Å²) in [4.78, 5) is 12.0. The molecule has 1 heterocycles. The van der Waals surface area contributed by atoms with Gasteiger partial charge in [-0.1, -0.05) is 91.0 Å². The highest BCUT2D eigenvalue weighted by Crippen LogP contribution is 2.65. The van der Waals surface area contributed by atoms with Crippen LogP contribution in [0.4, 0.5) is 0 Å². The number of hydrogen-bond donors (Lipinski definition) is 0. The van der Waals surface area contributed by atoms with Gasteiger partial charge in [0.1, 0.15) is 6.29 Å². The average Bonchev–Trinajstić information content (AvgIpc) is 3.16. The van der Waals surface area contributed by atoms with Gasteiger partial charge in [-0.3, -0.25) is 4.79 Å². The van der Waals surface area contributed by atoms with Gasteiger partial charge >= 0.3 is 0 Å². The van der Waals surface area contributed by atoms with Gasteiger partial charge < -0.3 is 0 Å². The number of carbonyl (C=O) groups is 1. The lowest BCUT2D eigenvalue weighted by Crippen LogP contribution is -2.27. The molecule has 0 radical (unpaired) electrons. The number of rotatable bonds is 4. The lowest BCUT2D eigenvalue weighted by atomic mass is 9.71. The summed E-state index contributed by atoms with van der Waals surface area (Å²) in [5, 5.41) is 2.67. The van der Waals surface area contributed by atoms with Crippen molar-refractivity contribution in [3.05, 3.63) is 113 Å². The molecule has 1 atom stereocenters. The summed E-state index contributed by atoms with van der Waals surface area (Å²) in [6.07, 6.45) is 3.19. The van der Waals surface area contributed by atoms with Crippen molar-refractivity contribution >= 4 is 19.5 Å². The third kappa shape index (κ3) is 3.07. The first-order valence-electron chi connectivity index (χ1n) is 9.37. The monoisotopic (exact) mass is 370 g/mol. The van der Waals surface area contributed by atoms with Crippen molar-refractivity contribution in [2.24, 2.45) is 0 Å². The number of benzene rings is 3. The SMILES string of the molecule is CC(C=O)=C1P(c2ccccc2)CCC1(c1ccccc1)c1ccccc1. The highest BCUT2D eigenvalue weighted by molar-refractivity contribution is 7.70. The zero-order valence-electron chi connectivity index (χ0n) is 15.5. The maximum Gasteiger partial charge on any atom is 0.146 e. The maximum absolute atomic E-state index is 12.0. The molecule has 27 heavy (non-hydrogen) atoms. The van der Waals surface area contributed by atoms with Crippen LogP contribution < -0.4 is 5.30 Å². The largest absolute Gasteiger partial charge is 0.298 e. The maximum atomic E-state index is 12.0. The van der Waals surface area contributed by atoms with E-state index >= 15 is 0 Å². The fourth-order valence-corrected chi connectivity index (χ4v) is 7.53. The molecule has 0 spiro atoms. The molecule has 3 aromatic rings. The summed E-state index contributed by atoms with van der Waals surface area (Å²) >= 11 is 0. The first-order chi connectivity index (χ1) is 13.3. The van der Waals surface area contributed by atoms with Gasteiger partial charge in [-0.15, -0.1) is 0 Å². The molecule has 0 bridgehead atoms. The zero-order chi connectivity index (χ0) is 18.7. The van der Waals surface area contributed by atoms with Crippen molar-refractivity contribution in [3.8, 4) is 0 Å². The van der Waals surface area contributed by atoms with E-state index in [9.17, 15) is 4.79 Å². The van der Waals surface area contributed by atoms with Gasteiger partial charge in [0.05, 0.1) is 0 Å². The topological polar surface area (TPSA) is 17.1 Å². The summed E-state index contributed by atoms with van der Waals surface area (Å²) in [6, 6.07) is 32.1. The molecule has 1 nitrogen and oxygen atoms in total.